The Morgan fingerprint density at radius 2 is 1.64 bits per heavy atom. The van der Waals surface area contributed by atoms with Crippen LogP contribution in [0.15, 0.2) is 72.8 Å². The highest BCUT2D eigenvalue weighted by molar-refractivity contribution is 7.92. The second-order valence-electron chi connectivity index (χ2n) is 8.87. The quantitative estimate of drug-likeness (QED) is 0.526. The molecule has 2 unspecified atom stereocenters. The van der Waals surface area contributed by atoms with Crippen molar-refractivity contribution >= 4 is 38.9 Å². The summed E-state index contributed by atoms with van der Waals surface area (Å²) in [5.74, 6) is 0.399. The van der Waals surface area contributed by atoms with Crippen molar-refractivity contribution in [3.8, 4) is 5.75 Å². The molecule has 1 N–H and O–H groups in total. The maximum absolute atomic E-state index is 13.6. The number of nitrogens with zero attached hydrogens (tertiary/aromatic N) is 2. The number of nitrogens with one attached hydrogen (secondary N) is 1. The van der Waals surface area contributed by atoms with Gasteiger partial charge in [-0.1, -0.05) is 18.2 Å². The van der Waals surface area contributed by atoms with Gasteiger partial charge in [0.2, 0.25) is 15.9 Å². The van der Waals surface area contributed by atoms with Gasteiger partial charge < -0.3 is 14.5 Å². The van der Waals surface area contributed by atoms with Crippen LogP contribution < -0.4 is 19.3 Å². The second kappa shape index (κ2) is 10.0. The van der Waals surface area contributed by atoms with Crippen molar-refractivity contribution in [2.75, 3.05) is 27.9 Å². The summed E-state index contributed by atoms with van der Waals surface area (Å²) in [7, 11) is -1.83. The molecule has 36 heavy (non-hydrogen) atoms. The van der Waals surface area contributed by atoms with Gasteiger partial charge in [0.1, 0.15) is 5.75 Å². The second-order valence-corrected chi connectivity index (χ2v) is 10.6. The number of benzene rings is 3. The molecule has 1 aliphatic rings. The van der Waals surface area contributed by atoms with Gasteiger partial charge in [0, 0.05) is 35.6 Å². The number of methoxy groups -OCH3 is 1. The van der Waals surface area contributed by atoms with Gasteiger partial charge in [0.15, 0.2) is 0 Å². The zero-order valence-corrected chi connectivity index (χ0v) is 21.5. The molecule has 2 amide bonds. The molecule has 1 heterocycles. The van der Waals surface area contributed by atoms with Crippen LogP contribution in [-0.4, -0.2) is 39.6 Å². The number of amides is 2. The molecule has 4 rings (SSSR count). The third kappa shape index (κ3) is 5.21. The molecule has 188 valence electrons. The van der Waals surface area contributed by atoms with Gasteiger partial charge in [-0.3, -0.25) is 14.3 Å². The summed E-state index contributed by atoms with van der Waals surface area (Å²) >= 11 is 0. The predicted molar refractivity (Wildman–Crippen MR) is 141 cm³/mol. The van der Waals surface area contributed by atoms with Crippen molar-refractivity contribution < 1.29 is 22.7 Å². The van der Waals surface area contributed by atoms with E-state index in [2.05, 4.69) is 4.72 Å². The number of sulfonamides is 1. The first kappa shape index (κ1) is 25.2. The number of ether oxygens (including phenoxy) is 1. The fraction of sp³-hybridized carbons (Fsp3) is 0.259. The molecule has 0 bridgehead atoms. The van der Waals surface area contributed by atoms with Crippen molar-refractivity contribution in [3.63, 3.8) is 0 Å². The third-order valence-corrected chi connectivity index (χ3v) is 6.82. The number of anilines is 3. The number of rotatable bonds is 6. The molecule has 2 atom stereocenters. The van der Waals surface area contributed by atoms with E-state index in [1.807, 2.05) is 31.2 Å². The van der Waals surface area contributed by atoms with Crippen molar-refractivity contribution in [2.24, 2.45) is 0 Å². The topological polar surface area (TPSA) is 96.0 Å². The van der Waals surface area contributed by atoms with Crippen LogP contribution in [0.3, 0.4) is 0 Å². The van der Waals surface area contributed by atoms with E-state index in [0.717, 1.165) is 17.5 Å². The summed E-state index contributed by atoms with van der Waals surface area (Å²) in [4.78, 5) is 29.9. The molecular weight excluding hydrogens is 478 g/mol. The normalized spacial score (nSPS) is 17.2. The molecule has 0 radical (unpaired) electrons. The highest BCUT2D eigenvalue weighted by atomic mass is 32.2. The highest BCUT2D eigenvalue weighted by Crippen LogP contribution is 2.43. The number of para-hydroxylation sites is 1. The van der Waals surface area contributed by atoms with E-state index < -0.39 is 10.0 Å². The zero-order chi connectivity index (χ0) is 26.0. The molecule has 0 saturated carbocycles. The Labute approximate surface area is 211 Å². The molecule has 1 aliphatic heterocycles. The minimum Gasteiger partial charge on any atom is -0.497 e. The van der Waals surface area contributed by atoms with E-state index >= 15 is 0 Å². The van der Waals surface area contributed by atoms with Gasteiger partial charge >= 0.3 is 0 Å². The zero-order valence-electron chi connectivity index (χ0n) is 20.6. The van der Waals surface area contributed by atoms with E-state index in [0.29, 0.717) is 29.1 Å². The minimum absolute atomic E-state index is 0.123. The van der Waals surface area contributed by atoms with E-state index in [1.54, 1.807) is 65.4 Å². The summed E-state index contributed by atoms with van der Waals surface area (Å²) in [6.45, 7) is 3.48. The summed E-state index contributed by atoms with van der Waals surface area (Å²) in [6.07, 6.45) is 1.62. The average Bonchev–Trinajstić information content (AvgIpc) is 2.84. The number of hydrogen-bond donors (Lipinski definition) is 1. The Bertz CT molecular complexity index is 1370. The lowest BCUT2D eigenvalue weighted by Gasteiger charge is -2.43. The smallest absolute Gasteiger partial charge is 0.258 e. The molecule has 0 aliphatic carbocycles. The number of carbonyl (C=O) groups excluding carboxylic acids is 2. The van der Waals surface area contributed by atoms with Crippen LogP contribution in [0.2, 0.25) is 0 Å². The van der Waals surface area contributed by atoms with Crippen LogP contribution in [0.4, 0.5) is 17.1 Å². The van der Waals surface area contributed by atoms with Gasteiger partial charge in [-0.15, -0.1) is 0 Å². The van der Waals surface area contributed by atoms with Crippen molar-refractivity contribution in [3.05, 3.63) is 83.9 Å². The molecule has 8 nitrogen and oxygen atoms in total. The van der Waals surface area contributed by atoms with Crippen molar-refractivity contribution in [1.29, 1.82) is 0 Å². The standard InChI is InChI=1S/C27H29N3O5S/c1-18-17-26(30(19(2)31)22-13-11-21(12-14-22)28-36(4,33)34)24-7-5-6-8-25(24)29(18)27(32)20-9-15-23(35-3)16-10-20/h5-16,18,26,28H,17H2,1-4H3. The van der Waals surface area contributed by atoms with E-state index in [4.69, 9.17) is 4.74 Å². The van der Waals surface area contributed by atoms with Crippen LogP contribution in [-0.2, 0) is 14.8 Å². The summed E-state index contributed by atoms with van der Waals surface area (Å²) in [6, 6.07) is 20.8. The van der Waals surface area contributed by atoms with Crippen LogP contribution in [0, 0.1) is 0 Å². The number of fused-ring (bicyclic) bond motifs is 1. The fourth-order valence-corrected chi connectivity index (χ4v) is 5.26. The first-order valence-electron chi connectivity index (χ1n) is 11.5. The molecule has 0 spiro atoms. The van der Waals surface area contributed by atoms with Gasteiger partial charge in [0.25, 0.3) is 5.91 Å². The molecule has 3 aromatic rings. The summed E-state index contributed by atoms with van der Waals surface area (Å²) in [5, 5.41) is 0. The maximum atomic E-state index is 13.6. The van der Waals surface area contributed by atoms with Crippen LogP contribution in [0.5, 0.6) is 5.75 Å². The van der Waals surface area contributed by atoms with Crippen molar-refractivity contribution in [1.82, 2.24) is 0 Å². The molecular formula is C27H29N3O5S. The van der Waals surface area contributed by atoms with Gasteiger partial charge in [-0.05, 0) is 73.5 Å². The Kier molecular flexibility index (Phi) is 7.03. The number of hydrogen-bond acceptors (Lipinski definition) is 5. The molecule has 3 aromatic carbocycles. The Morgan fingerprint density at radius 3 is 2.22 bits per heavy atom. The monoisotopic (exact) mass is 507 g/mol. The molecule has 0 aromatic heterocycles. The van der Waals surface area contributed by atoms with Crippen LogP contribution in [0.1, 0.15) is 42.2 Å². The minimum atomic E-state index is -3.41. The SMILES string of the molecule is COc1ccc(C(=O)N2c3ccccc3C(N(C(C)=O)c3ccc(NS(C)(=O)=O)cc3)CC2C)cc1. The fourth-order valence-electron chi connectivity index (χ4n) is 4.69. The molecule has 9 heteroatoms. The van der Waals surface area contributed by atoms with E-state index in [9.17, 15) is 18.0 Å². The predicted octanol–water partition coefficient (Wildman–Crippen LogP) is 4.60. The highest BCUT2D eigenvalue weighted by Gasteiger charge is 2.38. The van der Waals surface area contributed by atoms with Gasteiger partial charge in [0.05, 0.1) is 19.4 Å². The summed E-state index contributed by atoms with van der Waals surface area (Å²) < 4.78 is 30.8. The van der Waals surface area contributed by atoms with Gasteiger partial charge in [-0.2, -0.15) is 0 Å². The lowest BCUT2D eigenvalue weighted by molar-refractivity contribution is -0.117. The Balaban J connectivity index is 1.70. The Hall–Kier alpha value is -3.85. The van der Waals surface area contributed by atoms with Crippen LogP contribution >= 0.6 is 0 Å². The maximum Gasteiger partial charge on any atom is 0.258 e. The van der Waals surface area contributed by atoms with Crippen molar-refractivity contribution in [2.45, 2.75) is 32.4 Å². The summed E-state index contributed by atoms with van der Waals surface area (Å²) in [5.41, 5.74) is 3.23. The Morgan fingerprint density at radius 1 is 1.00 bits per heavy atom. The molecule has 0 saturated heterocycles. The number of carbonyl (C=O) groups is 2. The third-order valence-electron chi connectivity index (χ3n) is 6.22. The average molecular weight is 508 g/mol. The lowest BCUT2D eigenvalue weighted by atomic mass is 9.89. The van der Waals surface area contributed by atoms with Crippen LogP contribution in [0.25, 0.3) is 0 Å². The van der Waals surface area contributed by atoms with E-state index in [-0.39, 0.29) is 23.9 Å². The van der Waals surface area contributed by atoms with E-state index in [1.165, 1.54) is 6.92 Å². The first-order chi connectivity index (χ1) is 17.1. The largest absolute Gasteiger partial charge is 0.497 e. The first-order valence-corrected chi connectivity index (χ1v) is 13.4. The lowest BCUT2D eigenvalue weighted by Crippen LogP contribution is -2.47. The molecule has 0 fully saturated rings. The van der Waals surface area contributed by atoms with Gasteiger partial charge in [-0.25, -0.2) is 8.42 Å².